The van der Waals surface area contributed by atoms with Crippen molar-refractivity contribution in [3.8, 4) is 0 Å². The maximum absolute atomic E-state index is 13.7. The molecule has 1 rings (SSSR count). The molecule has 1 nitrogen and oxygen atoms in total. The molecule has 0 aromatic heterocycles. The minimum atomic E-state index is -4.73. The second-order valence-corrected chi connectivity index (χ2v) is 6.42. The molecule has 1 N–H and O–H groups in total. The van der Waals surface area contributed by atoms with E-state index in [4.69, 9.17) is 0 Å². The van der Waals surface area contributed by atoms with Crippen molar-refractivity contribution in [2.75, 3.05) is 0 Å². The Morgan fingerprint density at radius 2 is 1.48 bits per heavy atom. The van der Waals surface area contributed by atoms with Crippen molar-refractivity contribution in [1.82, 2.24) is 0 Å². The van der Waals surface area contributed by atoms with Crippen LogP contribution in [-0.2, 0) is 11.8 Å². The molecule has 0 aliphatic carbocycles. The second kappa shape index (κ2) is 6.34. The van der Waals surface area contributed by atoms with Gasteiger partial charge in [-0.05, 0) is 42.4 Å². The Bertz CT molecular complexity index is 468. The average Bonchev–Trinajstić information content (AvgIpc) is 2.24. The smallest absolute Gasteiger partial charge is 0.385 e. The molecule has 0 saturated heterocycles. The van der Waals surface area contributed by atoms with Gasteiger partial charge in [0.05, 0.1) is 11.2 Å². The molecule has 21 heavy (non-hydrogen) atoms. The third-order valence-corrected chi connectivity index (χ3v) is 3.30. The van der Waals surface area contributed by atoms with E-state index < -0.39 is 23.2 Å². The third kappa shape index (κ3) is 4.70. The summed E-state index contributed by atoms with van der Waals surface area (Å²) in [7, 11) is 0. The fraction of sp³-hybridized carbons (Fsp3) is 0.625. The van der Waals surface area contributed by atoms with Gasteiger partial charge >= 0.3 is 6.18 Å². The van der Waals surface area contributed by atoms with Crippen LogP contribution < -0.4 is 0 Å². The van der Waals surface area contributed by atoms with Gasteiger partial charge < -0.3 is 5.11 Å². The van der Waals surface area contributed by atoms with E-state index in [1.165, 1.54) is 6.07 Å². The molecular weight excluding hydrogens is 284 g/mol. The lowest BCUT2D eigenvalue weighted by molar-refractivity contribution is -0.140. The van der Waals surface area contributed by atoms with Crippen molar-refractivity contribution in [2.24, 2.45) is 11.8 Å². The highest BCUT2D eigenvalue weighted by molar-refractivity contribution is 5.30. The zero-order chi connectivity index (χ0) is 16.4. The average molecular weight is 306 g/mol. The van der Waals surface area contributed by atoms with Gasteiger partial charge in [0.1, 0.15) is 5.82 Å². The molecule has 0 atom stereocenters. The predicted octanol–water partition coefficient (Wildman–Crippen LogP) is 5.12. The van der Waals surface area contributed by atoms with Crippen molar-refractivity contribution in [1.29, 1.82) is 0 Å². The monoisotopic (exact) mass is 306 g/mol. The Kier molecular flexibility index (Phi) is 5.42. The van der Waals surface area contributed by atoms with Crippen LogP contribution in [0.5, 0.6) is 0 Å². The minimum Gasteiger partial charge on any atom is -0.385 e. The van der Waals surface area contributed by atoms with Gasteiger partial charge in [-0.3, -0.25) is 0 Å². The first-order valence-corrected chi connectivity index (χ1v) is 7.05. The van der Waals surface area contributed by atoms with Crippen LogP contribution in [-0.4, -0.2) is 5.11 Å². The fourth-order valence-corrected chi connectivity index (χ4v) is 2.70. The van der Waals surface area contributed by atoms with E-state index in [0.29, 0.717) is 18.9 Å². The van der Waals surface area contributed by atoms with Crippen LogP contribution in [0.25, 0.3) is 0 Å². The van der Waals surface area contributed by atoms with Crippen LogP contribution in [0.2, 0.25) is 0 Å². The number of hydrogen-bond donors (Lipinski definition) is 1. The number of benzene rings is 1. The molecule has 0 unspecified atom stereocenters. The highest BCUT2D eigenvalue weighted by Gasteiger charge is 2.37. The quantitative estimate of drug-likeness (QED) is 0.748. The maximum atomic E-state index is 13.7. The SMILES string of the molecule is CC(C)CC(O)(CC(C)C)c1ccc(C(F)(F)F)c(F)c1. The lowest BCUT2D eigenvalue weighted by Gasteiger charge is -2.32. The maximum Gasteiger partial charge on any atom is 0.419 e. The van der Waals surface area contributed by atoms with E-state index in [9.17, 15) is 22.7 Å². The lowest BCUT2D eigenvalue weighted by atomic mass is 9.79. The van der Waals surface area contributed by atoms with Crippen molar-refractivity contribution in [3.63, 3.8) is 0 Å². The lowest BCUT2D eigenvalue weighted by Crippen LogP contribution is -2.30. The molecule has 0 fully saturated rings. The minimum absolute atomic E-state index is 0.138. The highest BCUT2D eigenvalue weighted by atomic mass is 19.4. The zero-order valence-electron chi connectivity index (χ0n) is 12.8. The molecule has 0 aliphatic heterocycles. The van der Waals surface area contributed by atoms with Crippen LogP contribution in [0.3, 0.4) is 0 Å². The topological polar surface area (TPSA) is 20.2 Å². The molecule has 0 radical (unpaired) electrons. The molecule has 0 aliphatic rings. The first-order chi connectivity index (χ1) is 9.45. The van der Waals surface area contributed by atoms with Crippen molar-refractivity contribution in [2.45, 2.75) is 52.3 Å². The van der Waals surface area contributed by atoms with Crippen molar-refractivity contribution in [3.05, 3.63) is 35.1 Å². The Hall–Kier alpha value is -1.10. The Morgan fingerprint density at radius 3 is 1.81 bits per heavy atom. The fourth-order valence-electron chi connectivity index (χ4n) is 2.70. The summed E-state index contributed by atoms with van der Waals surface area (Å²) in [5.74, 6) is -1.07. The van der Waals surface area contributed by atoms with Crippen LogP contribution >= 0.6 is 0 Å². The van der Waals surface area contributed by atoms with E-state index in [1.807, 2.05) is 27.7 Å². The van der Waals surface area contributed by atoms with E-state index >= 15 is 0 Å². The summed E-state index contributed by atoms with van der Waals surface area (Å²) in [6, 6.07) is 2.69. The first kappa shape index (κ1) is 18.0. The summed E-state index contributed by atoms with van der Waals surface area (Å²) in [6.45, 7) is 7.63. The molecule has 1 aromatic rings. The summed E-state index contributed by atoms with van der Waals surface area (Å²) >= 11 is 0. The largest absolute Gasteiger partial charge is 0.419 e. The highest BCUT2D eigenvalue weighted by Crippen LogP contribution is 2.38. The first-order valence-electron chi connectivity index (χ1n) is 7.05. The molecular formula is C16H22F4O. The van der Waals surface area contributed by atoms with E-state index in [0.717, 1.165) is 6.07 Å². The summed E-state index contributed by atoms with van der Waals surface area (Å²) < 4.78 is 51.5. The van der Waals surface area contributed by atoms with Crippen molar-refractivity contribution >= 4 is 0 Å². The normalized spacial score (nSPS) is 13.3. The van der Waals surface area contributed by atoms with Gasteiger partial charge in [-0.15, -0.1) is 0 Å². The second-order valence-electron chi connectivity index (χ2n) is 6.42. The molecule has 0 amide bonds. The number of hydrogen-bond acceptors (Lipinski definition) is 1. The summed E-state index contributed by atoms with van der Waals surface area (Å²) in [5.41, 5.74) is -2.41. The molecule has 0 heterocycles. The molecule has 5 heteroatoms. The van der Waals surface area contributed by atoms with Gasteiger partial charge in [0.25, 0.3) is 0 Å². The van der Waals surface area contributed by atoms with Crippen LogP contribution in [0.15, 0.2) is 18.2 Å². The number of rotatable bonds is 5. The van der Waals surface area contributed by atoms with Gasteiger partial charge in [0.2, 0.25) is 0 Å². The van der Waals surface area contributed by atoms with E-state index in [1.54, 1.807) is 0 Å². The molecule has 120 valence electrons. The molecule has 0 spiro atoms. The van der Waals surface area contributed by atoms with Gasteiger partial charge in [-0.25, -0.2) is 4.39 Å². The predicted molar refractivity (Wildman–Crippen MR) is 74.2 cm³/mol. The molecule has 0 bridgehead atoms. The standard InChI is InChI=1S/C16H22F4O/c1-10(2)8-15(21,9-11(3)4)12-5-6-13(14(17)7-12)16(18,19)20/h5-7,10-11,21H,8-9H2,1-4H3. The summed E-state index contributed by atoms with van der Waals surface area (Å²) in [4.78, 5) is 0. The van der Waals surface area contributed by atoms with E-state index in [2.05, 4.69) is 0 Å². The van der Waals surface area contributed by atoms with Gasteiger partial charge in [0.15, 0.2) is 0 Å². The Labute approximate surface area is 123 Å². The number of alkyl halides is 3. The third-order valence-electron chi connectivity index (χ3n) is 3.30. The van der Waals surface area contributed by atoms with Crippen LogP contribution in [0, 0.1) is 17.7 Å². The Balaban J connectivity index is 3.23. The van der Waals surface area contributed by atoms with Gasteiger partial charge in [-0.1, -0.05) is 33.8 Å². The van der Waals surface area contributed by atoms with Gasteiger partial charge in [-0.2, -0.15) is 13.2 Å². The summed E-state index contributed by atoms with van der Waals surface area (Å²) in [6.07, 6.45) is -3.98. The molecule has 1 aromatic carbocycles. The van der Waals surface area contributed by atoms with Crippen LogP contribution in [0.4, 0.5) is 17.6 Å². The van der Waals surface area contributed by atoms with Crippen LogP contribution in [0.1, 0.15) is 51.7 Å². The van der Waals surface area contributed by atoms with Crippen molar-refractivity contribution < 1.29 is 22.7 Å². The number of aliphatic hydroxyl groups is 1. The summed E-state index contributed by atoms with van der Waals surface area (Å²) in [5, 5.41) is 10.8. The number of halogens is 4. The zero-order valence-corrected chi connectivity index (χ0v) is 12.8. The Morgan fingerprint density at radius 1 is 1.00 bits per heavy atom. The van der Waals surface area contributed by atoms with Gasteiger partial charge in [0, 0.05) is 0 Å². The molecule has 0 saturated carbocycles. The van der Waals surface area contributed by atoms with E-state index in [-0.39, 0.29) is 17.4 Å².